The number of aromatic nitrogens is 1. The SMILES string of the molecule is CCNC(=NCCC(=O)N1CCN(c2ccccn2)CC1)NC(C)CCc1ccccc1.I. The maximum absolute atomic E-state index is 12.6. The molecule has 8 heteroatoms. The maximum Gasteiger partial charge on any atom is 0.224 e. The molecule has 1 unspecified atom stereocenters. The van der Waals surface area contributed by atoms with Crippen LogP contribution < -0.4 is 15.5 Å². The average Bonchev–Trinajstić information content (AvgIpc) is 2.84. The molecule has 0 radical (unpaired) electrons. The Kier molecular flexibility index (Phi) is 12.0. The van der Waals surface area contributed by atoms with E-state index in [0.717, 1.165) is 57.3 Å². The lowest BCUT2D eigenvalue weighted by atomic mass is 10.1. The van der Waals surface area contributed by atoms with Crippen LogP contribution >= 0.6 is 24.0 Å². The molecular weight excluding hydrogens is 527 g/mol. The number of aliphatic imine (C=N–C) groups is 1. The fourth-order valence-electron chi connectivity index (χ4n) is 3.80. The van der Waals surface area contributed by atoms with Crippen molar-refractivity contribution < 1.29 is 4.79 Å². The molecule has 33 heavy (non-hydrogen) atoms. The number of nitrogens with zero attached hydrogens (tertiary/aromatic N) is 4. The molecule has 3 rings (SSSR count). The minimum absolute atomic E-state index is 0. The summed E-state index contributed by atoms with van der Waals surface area (Å²) in [6.45, 7) is 8.59. The number of benzene rings is 1. The van der Waals surface area contributed by atoms with Crippen LogP contribution in [0, 0.1) is 0 Å². The summed E-state index contributed by atoms with van der Waals surface area (Å²) in [7, 11) is 0. The topological polar surface area (TPSA) is 72.9 Å². The zero-order valence-corrected chi connectivity index (χ0v) is 22.1. The molecule has 0 bridgehead atoms. The summed E-state index contributed by atoms with van der Waals surface area (Å²) in [5, 5.41) is 6.76. The summed E-state index contributed by atoms with van der Waals surface area (Å²) in [5.41, 5.74) is 1.34. The van der Waals surface area contributed by atoms with Gasteiger partial charge in [-0.1, -0.05) is 36.4 Å². The third-order valence-electron chi connectivity index (χ3n) is 5.64. The highest BCUT2D eigenvalue weighted by molar-refractivity contribution is 14.0. The van der Waals surface area contributed by atoms with E-state index in [9.17, 15) is 4.79 Å². The van der Waals surface area contributed by atoms with Crippen LogP contribution in [0.3, 0.4) is 0 Å². The van der Waals surface area contributed by atoms with Crippen molar-refractivity contribution in [3.05, 3.63) is 60.3 Å². The van der Waals surface area contributed by atoms with E-state index in [1.165, 1.54) is 5.56 Å². The van der Waals surface area contributed by atoms with Crippen molar-refractivity contribution in [3.63, 3.8) is 0 Å². The Morgan fingerprint density at radius 1 is 1.09 bits per heavy atom. The van der Waals surface area contributed by atoms with E-state index in [2.05, 4.69) is 63.6 Å². The zero-order chi connectivity index (χ0) is 22.6. The number of aryl methyl sites for hydroxylation is 1. The first-order valence-electron chi connectivity index (χ1n) is 11.7. The summed E-state index contributed by atoms with van der Waals surface area (Å²) >= 11 is 0. The second kappa shape index (κ2) is 14.7. The van der Waals surface area contributed by atoms with E-state index < -0.39 is 0 Å². The molecule has 1 aliphatic rings. The van der Waals surface area contributed by atoms with Gasteiger partial charge in [-0.05, 0) is 44.4 Å². The molecule has 0 saturated carbocycles. The monoisotopic (exact) mass is 564 g/mol. The van der Waals surface area contributed by atoms with E-state index in [-0.39, 0.29) is 29.9 Å². The Bertz CT molecular complexity index is 840. The van der Waals surface area contributed by atoms with Crippen LogP contribution in [0.5, 0.6) is 0 Å². The molecule has 1 saturated heterocycles. The Hall–Kier alpha value is -2.36. The minimum Gasteiger partial charge on any atom is -0.357 e. The van der Waals surface area contributed by atoms with E-state index in [1.54, 1.807) is 0 Å². The molecule has 1 aromatic carbocycles. The number of rotatable bonds is 9. The van der Waals surface area contributed by atoms with Gasteiger partial charge in [0.1, 0.15) is 5.82 Å². The second-order valence-corrected chi connectivity index (χ2v) is 8.14. The molecule has 180 valence electrons. The van der Waals surface area contributed by atoms with Crippen molar-refractivity contribution in [1.29, 1.82) is 0 Å². The molecule has 2 N–H and O–H groups in total. The van der Waals surface area contributed by atoms with Gasteiger partial charge in [0.15, 0.2) is 5.96 Å². The standard InChI is InChI=1S/C25H36N6O.HI/c1-3-26-25(29-21(2)12-13-22-9-5-4-6-10-22)28-16-14-24(32)31-19-17-30(18-20-31)23-11-7-8-15-27-23;/h4-11,15,21H,3,12-14,16-20H2,1-2H3,(H2,26,28,29);1H. The Morgan fingerprint density at radius 2 is 1.82 bits per heavy atom. The largest absolute Gasteiger partial charge is 0.357 e. The molecule has 1 fully saturated rings. The summed E-state index contributed by atoms with van der Waals surface area (Å²) in [6, 6.07) is 16.7. The first-order chi connectivity index (χ1) is 15.7. The summed E-state index contributed by atoms with van der Waals surface area (Å²) in [4.78, 5) is 25.9. The molecule has 1 aliphatic heterocycles. The molecular formula is C25H37IN6O. The van der Waals surface area contributed by atoms with Crippen LogP contribution in [-0.4, -0.2) is 67.1 Å². The molecule has 1 atom stereocenters. The number of amides is 1. The van der Waals surface area contributed by atoms with Crippen LogP contribution in [0.2, 0.25) is 0 Å². The number of hydrogen-bond acceptors (Lipinski definition) is 4. The number of guanidine groups is 1. The van der Waals surface area contributed by atoms with E-state index >= 15 is 0 Å². The summed E-state index contributed by atoms with van der Waals surface area (Å²) in [5.74, 6) is 1.93. The highest BCUT2D eigenvalue weighted by Crippen LogP contribution is 2.13. The smallest absolute Gasteiger partial charge is 0.224 e. The first-order valence-corrected chi connectivity index (χ1v) is 11.7. The third kappa shape index (κ3) is 9.19. The van der Waals surface area contributed by atoms with E-state index in [0.29, 0.717) is 19.0 Å². The molecule has 7 nitrogen and oxygen atoms in total. The van der Waals surface area contributed by atoms with Gasteiger partial charge < -0.3 is 20.4 Å². The molecule has 0 spiro atoms. The van der Waals surface area contributed by atoms with Crippen molar-refractivity contribution in [2.75, 3.05) is 44.2 Å². The number of anilines is 1. The molecule has 2 heterocycles. The van der Waals surface area contributed by atoms with Gasteiger partial charge >= 0.3 is 0 Å². The fourth-order valence-corrected chi connectivity index (χ4v) is 3.80. The highest BCUT2D eigenvalue weighted by atomic mass is 127. The van der Waals surface area contributed by atoms with Crippen LogP contribution in [0.4, 0.5) is 5.82 Å². The lowest BCUT2D eigenvalue weighted by Crippen LogP contribution is -2.49. The number of hydrogen-bond donors (Lipinski definition) is 2. The molecule has 0 aliphatic carbocycles. The summed E-state index contributed by atoms with van der Waals surface area (Å²) in [6.07, 6.45) is 4.28. The number of halogens is 1. The Balaban J connectivity index is 0.00000385. The van der Waals surface area contributed by atoms with Gasteiger partial charge in [0.05, 0.1) is 6.54 Å². The van der Waals surface area contributed by atoms with Crippen LogP contribution in [0.25, 0.3) is 0 Å². The predicted molar refractivity (Wildman–Crippen MR) is 146 cm³/mol. The Morgan fingerprint density at radius 3 is 2.48 bits per heavy atom. The van der Waals surface area contributed by atoms with Gasteiger partial charge in [-0.15, -0.1) is 24.0 Å². The molecule has 1 amide bonds. The Labute approximate surface area is 215 Å². The number of carbonyl (C=O) groups is 1. The van der Waals surface area contributed by atoms with Crippen molar-refractivity contribution in [2.24, 2.45) is 4.99 Å². The van der Waals surface area contributed by atoms with Gasteiger partial charge in [0, 0.05) is 51.4 Å². The first kappa shape index (κ1) is 26.9. The van der Waals surface area contributed by atoms with Gasteiger partial charge in [0.25, 0.3) is 0 Å². The normalized spacial score (nSPS) is 14.9. The summed E-state index contributed by atoms with van der Waals surface area (Å²) < 4.78 is 0. The predicted octanol–water partition coefficient (Wildman–Crippen LogP) is 3.31. The van der Waals surface area contributed by atoms with Gasteiger partial charge in [-0.25, -0.2) is 4.98 Å². The quantitative estimate of drug-likeness (QED) is 0.278. The maximum atomic E-state index is 12.6. The zero-order valence-electron chi connectivity index (χ0n) is 19.7. The van der Waals surface area contributed by atoms with Crippen LogP contribution in [0.1, 0.15) is 32.3 Å². The van der Waals surface area contributed by atoms with Gasteiger partial charge in [-0.3, -0.25) is 9.79 Å². The average molecular weight is 565 g/mol. The van der Waals surface area contributed by atoms with Gasteiger partial charge in [0.2, 0.25) is 5.91 Å². The fraction of sp³-hybridized carbons (Fsp3) is 0.480. The van der Waals surface area contributed by atoms with Crippen LogP contribution in [-0.2, 0) is 11.2 Å². The van der Waals surface area contributed by atoms with Crippen molar-refractivity contribution >= 4 is 41.7 Å². The number of pyridine rings is 1. The van der Waals surface area contributed by atoms with E-state index in [4.69, 9.17) is 0 Å². The third-order valence-corrected chi connectivity index (χ3v) is 5.64. The van der Waals surface area contributed by atoms with Crippen LogP contribution in [0.15, 0.2) is 59.7 Å². The van der Waals surface area contributed by atoms with Crippen molar-refractivity contribution in [1.82, 2.24) is 20.5 Å². The second-order valence-electron chi connectivity index (χ2n) is 8.14. The van der Waals surface area contributed by atoms with Crippen molar-refractivity contribution in [2.45, 2.75) is 39.2 Å². The van der Waals surface area contributed by atoms with E-state index in [1.807, 2.05) is 35.4 Å². The minimum atomic E-state index is 0. The van der Waals surface area contributed by atoms with Crippen molar-refractivity contribution in [3.8, 4) is 0 Å². The number of carbonyl (C=O) groups excluding carboxylic acids is 1. The number of piperazine rings is 1. The lowest BCUT2D eigenvalue weighted by Gasteiger charge is -2.35. The lowest BCUT2D eigenvalue weighted by molar-refractivity contribution is -0.131. The van der Waals surface area contributed by atoms with Gasteiger partial charge in [-0.2, -0.15) is 0 Å². The number of nitrogens with one attached hydrogen (secondary N) is 2. The molecule has 1 aromatic heterocycles. The molecule has 2 aromatic rings. The highest BCUT2D eigenvalue weighted by Gasteiger charge is 2.21.